The van der Waals surface area contributed by atoms with Crippen LogP contribution in [0.2, 0.25) is 0 Å². The summed E-state index contributed by atoms with van der Waals surface area (Å²) in [4.78, 5) is 12.1. The van der Waals surface area contributed by atoms with Crippen LogP contribution in [0.15, 0.2) is 48.5 Å². The topological polar surface area (TPSA) is 17.1 Å². The smallest absolute Gasteiger partial charge is 0.193 e. The van der Waals surface area contributed by atoms with Crippen LogP contribution >= 0.6 is 0 Å². The maximum Gasteiger partial charge on any atom is 0.193 e. The molecule has 0 aliphatic rings. The van der Waals surface area contributed by atoms with E-state index < -0.39 is 0 Å². The van der Waals surface area contributed by atoms with Crippen molar-refractivity contribution in [3.63, 3.8) is 0 Å². The maximum atomic E-state index is 13.1. The molecule has 2 rings (SSSR count). The molecule has 0 saturated heterocycles. The number of halogens is 1. The van der Waals surface area contributed by atoms with E-state index in [1.165, 1.54) is 17.7 Å². The normalized spacial score (nSPS) is 10.3. The van der Waals surface area contributed by atoms with Crippen molar-refractivity contribution in [3.8, 4) is 0 Å². The van der Waals surface area contributed by atoms with Crippen LogP contribution in [0.4, 0.5) is 4.39 Å². The van der Waals surface area contributed by atoms with E-state index in [2.05, 4.69) is 6.92 Å². The summed E-state index contributed by atoms with van der Waals surface area (Å²) in [6.45, 7) is 2.12. The minimum absolute atomic E-state index is 0.141. The summed E-state index contributed by atoms with van der Waals surface area (Å²) in [6, 6.07) is 13.3. The van der Waals surface area contributed by atoms with Gasteiger partial charge in [0.05, 0.1) is 0 Å². The lowest BCUT2D eigenvalue weighted by Gasteiger charge is -2.03. The fourth-order valence-corrected chi connectivity index (χ4v) is 1.91. The van der Waals surface area contributed by atoms with Crippen LogP contribution in [0, 0.1) is 5.82 Å². The molecule has 0 aliphatic heterocycles. The molecule has 0 unspecified atom stereocenters. The van der Waals surface area contributed by atoms with Gasteiger partial charge in [-0.05, 0) is 24.1 Å². The standard InChI is InChI=1S/C16H15FO/c1-2-4-12-7-9-13(10-8-12)16(18)14-5-3-6-15(17)11-14/h3,5-11H,2,4H2,1H3. The Hall–Kier alpha value is -1.96. The summed E-state index contributed by atoms with van der Waals surface area (Å²) in [7, 11) is 0. The molecule has 18 heavy (non-hydrogen) atoms. The Morgan fingerprint density at radius 2 is 1.78 bits per heavy atom. The molecule has 2 aromatic carbocycles. The number of benzene rings is 2. The number of hydrogen-bond acceptors (Lipinski definition) is 1. The van der Waals surface area contributed by atoms with Crippen molar-refractivity contribution in [1.82, 2.24) is 0 Å². The molecule has 0 aromatic heterocycles. The van der Waals surface area contributed by atoms with Crippen molar-refractivity contribution >= 4 is 5.78 Å². The lowest BCUT2D eigenvalue weighted by Crippen LogP contribution is -2.01. The molecule has 2 heteroatoms. The molecular formula is C16H15FO. The van der Waals surface area contributed by atoms with E-state index in [1.807, 2.05) is 12.1 Å². The van der Waals surface area contributed by atoms with E-state index in [0.29, 0.717) is 11.1 Å². The Balaban J connectivity index is 2.23. The van der Waals surface area contributed by atoms with Crippen LogP contribution in [-0.2, 0) is 6.42 Å². The second kappa shape index (κ2) is 5.58. The number of hydrogen-bond donors (Lipinski definition) is 0. The number of rotatable bonds is 4. The second-order valence-electron chi connectivity index (χ2n) is 4.29. The molecule has 2 aromatic rings. The Kier molecular flexibility index (Phi) is 3.88. The summed E-state index contributed by atoms with van der Waals surface area (Å²) >= 11 is 0. The third-order valence-electron chi connectivity index (χ3n) is 2.84. The molecular weight excluding hydrogens is 227 g/mol. The lowest BCUT2D eigenvalue weighted by atomic mass is 10.0. The minimum Gasteiger partial charge on any atom is -0.289 e. The van der Waals surface area contributed by atoms with Gasteiger partial charge in [0.2, 0.25) is 0 Å². The van der Waals surface area contributed by atoms with Crippen molar-refractivity contribution < 1.29 is 9.18 Å². The summed E-state index contributed by atoms with van der Waals surface area (Å²) in [5.41, 5.74) is 2.20. The van der Waals surface area contributed by atoms with E-state index >= 15 is 0 Å². The SMILES string of the molecule is CCCc1ccc(C(=O)c2cccc(F)c2)cc1. The van der Waals surface area contributed by atoms with Gasteiger partial charge in [-0.15, -0.1) is 0 Å². The molecule has 92 valence electrons. The van der Waals surface area contributed by atoms with Gasteiger partial charge in [-0.25, -0.2) is 4.39 Å². The highest BCUT2D eigenvalue weighted by molar-refractivity contribution is 6.08. The zero-order valence-corrected chi connectivity index (χ0v) is 10.3. The zero-order chi connectivity index (χ0) is 13.0. The average molecular weight is 242 g/mol. The third-order valence-corrected chi connectivity index (χ3v) is 2.84. The summed E-state index contributed by atoms with van der Waals surface area (Å²) in [6.07, 6.45) is 2.09. The fraction of sp³-hybridized carbons (Fsp3) is 0.188. The fourth-order valence-electron chi connectivity index (χ4n) is 1.91. The predicted molar refractivity (Wildman–Crippen MR) is 70.3 cm³/mol. The highest BCUT2D eigenvalue weighted by atomic mass is 19.1. The second-order valence-corrected chi connectivity index (χ2v) is 4.29. The molecule has 0 atom stereocenters. The largest absolute Gasteiger partial charge is 0.289 e. The van der Waals surface area contributed by atoms with Gasteiger partial charge in [0.1, 0.15) is 5.82 Å². The first-order valence-electron chi connectivity index (χ1n) is 6.10. The molecule has 0 heterocycles. The molecule has 0 fully saturated rings. The van der Waals surface area contributed by atoms with E-state index in [-0.39, 0.29) is 11.6 Å². The van der Waals surface area contributed by atoms with Crippen LogP contribution in [0.5, 0.6) is 0 Å². The van der Waals surface area contributed by atoms with Gasteiger partial charge in [0.15, 0.2) is 5.78 Å². The lowest BCUT2D eigenvalue weighted by molar-refractivity contribution is 0.103. The van der Waals surface area contributed by atoms with Crippen LogP contribution in [0.1, 0.15) is 34.8 Å². The number of carbonyl (C=O) groups is 1. The third kappa shape index (κ3) is 2.83. The molecule has 0 bridgehead atoms. The molecule has 0 N–H and O–H groups in total. The van der Waals surface area contributed by atoms with Gasteiger partial charge >= 0.3 is 0 Å². The summed E-state index contributed by atoms with van der Waals surface area (Å²) in [5.74, 6) is -0.527. The van der Waals surface area contributed by atoms with Crippen molar-refractivity contribution in [2.24, 2.45) is 0 Å². The van der Waals surface area contributed by atoms with Gasteiger partial charge < -0.3 is 0 Å². The van der Waals surface area contributed by atoms with Crippen LogP contribution in [0.25, 0.3) is 0 Å². The molecule has 0 saturated carbocycles. The molecule has 1 nitrogen and oxygen atoms in total. The highest BCUT2D eigenvalue weighted by Crippen LogP contribution is 2.13. The monoisotopic (exact) mass is 242 g/mol. The van der Waals surface area contributed by atoms with Gasteiger partial charge in [0, 0.05) is 11.1 Å². The Morgan fingerprint density at radius 1 is 1.06 bits per heavy atom. The zero-order valence-electron chi connectivity index (χ0n) is 10.3. The predicted octanol–water partition coefficient (Wildman–Crippen LogP) is 4.01. The van der Waals surface area contributed by atoms with E-state index in [1.54, 1.807) is 24.3 Å². The van der Waals surface area contributed by atoms with E-state index in [4.69, 9.17) is 0 Å². The Bertz CT molecular complexity index is 543. The summed E-state index contributed by atoms with van der Waals surface area (Å²) < 4.78 is 13.1. The van der Waals surface area contributed by atoms with Crippen LogP contribution in [0.3, 0.4) is 0 Å². The van der Waals surface area contributed by atoms with Crippen molar-refractivity contribution in [2.75, 3.05) is 0 Å². The number of carbonyl (C=O) groups excluding carboxylic acids is 1. The first-order valence-corrected chi connectivity index (χ1v) is 6.10. The quantitative estimate of drug-likeness (QED) is 0.740. The van der Waals surface area contributed by atoms with Gasteiger partial charge in [-0.1, -0.05) is 49.7 Å². The van der Waals surface area contributed by atoms with Gasteiger partial charge in [-0.2, -0.15) is 0 Å². The Morgan fingerprint density at radius 3 is 2.39 bits per heavy atom. The van der Waals surface area contributed by atoms with Crippen molar-refractivity contribution in [3.05, 3.63) is 71.0 Å². The molecule has 0 aliphatic carbocycles. The first kappa shape index (κ1) is 12.5. The maximum absolute atomic E-state index is 13.1. The van der Waals surface area contributed by atoms with Gasteiger partial charge in [-0.3, -0.25) is 4.79 Å². The van der Waals surface area contributed by atoms with Crippen LogP contribution in [-0.4, -0.2) is 5.78 Å². The van der Waals surface area contributed by atoms with Crippen LogP contribution < -0.4 is 0 Å². The van der Waals surface area contributed by atoms with Gasteiger partial charge in [0.25, 0.3) is 0 Å². The van der Waals surface area contributed by atoms with E-state index in [9.17, 15) is 9.18 Å². The number of ketones is 1. The number of aryl methyl sites for hydroxylation is 1. The summed E-state index contributed by atoms with van der Waals surface area (Å²) in [5, 5.41) is 0. The van der Waals surface area contributed by atoms with E-state index in [0.717, 1.165) is 12.8 Å². The average Bonchev–Trinajstić information content (AvgIpc) is 2.39. The molecule has 0 spiro atoms. The van der Waals surface area contributed by atoms with Crippen molar-refractivity contribution in [1.29, 1.82) is 0 Å². The Labute approximate surface area is 106 Å². The first-order chi connectivity index (χ1) is 8.70. The van der Waals surface area contributed by atoms with Crippen molar-refractivity contribution in [2.45, 2.75) is 19.8 Å². The molecule has 0 radical (unpaired) electrons. The molecule has 0 amide bonds. The minimum atomic E-state index is -0.386. The highest BCUT2D eigenvalue weighted by Gasteiger charge is 2.09.